The van der Waals surface area contributed by atoms with Crippen LogP contribution in [0.2, 0.25) is 0 Å². The van der Waals surface area contributed by atoms with Gasteiger partial charge in [-0.2, -0.15) is 0 Å². The second-order valence-electron chi connectivity index (χ2n) is 4.37. The molecule has 1 aromatic rings. The van der Waals surface area contributed by atoms with Gasteiger partial charge in [0.25, 0.3) is 0 Å². The third-order valence-electron chi connectivity index (χ3n) is 2.26. The Labute approximate surface area is 101 Å². The molecule has 1 atom stereocenters. The van der Waals surface area contributed by atoms with Crippen LogP contribution in [0.15, 0.2) is 28.9 Å². The monoisotopic (exact) mass is 237 g/mol. The van der Waals surface area contributed by atoms with E-state index in [-0.39, 0.29) is 18.6 Å². The van der Waals surface area contributed by atoms with Crippen molar-refractivity contribution >= 4 is 12.0 Å². The van der Waals surface area contributed by atoms with Crippen molar-refractivity contribution in [1.82, 2.24) is 5.32 Å². The molecule has 1 heterocycles. The first-order valence-corrected chi connectivity index (χ1v) is 5.74. The van der Waals surface area contributed by atoms with Crippen LogP contribution in [0.3, 0.4) is 0 Å². The van der Waals surface area contributed by atoms with Crippen molar-refractivity contribution in [3.05, 3.63) is 30.2 Å². The van der Waals surface area contributed by atoms with Crippen molar-refractivity contribution in [3.63, 3.8) is 0 Å². The average molecular weight is 237 g/mol. The molecule has 1 rings (SSSR count). The van der Waals surface area contributed by atoms with Crippen LogP contribution in [0.5, 0.6) is 0 Å². The van der Waals surface area contributed by atoms with Crippen molar-refractivity contribution in [1.29, 1.82) is 0 Å². The SMILES string of the molecule is CC(C)CC(CO)NC(=O)C=Cc1ccco1. The highest BCUT2D eigenvalue weighted by atomic mass is 16.3. The first-order chi connectivity index (χ1) is 8.11. The largest absolute Gasteiger partial charge is 0.465 e. The summed E-state index contributed by atoms with van der Waals surface area (Å²) in [6.07, 6.45) is 5.31. The van der Waals surface area contributed by atoms with Crippen molar-refractivity contribution in [2.45, 2.75) is 26.3 Å². The number of amides is 1. The van der Waals surface area contributed by atoms with Gasteiger partial charge in [-0.1, -0.05) is 13.8 Å². The van der Waals surface area contributed by atoms with Gasteiger partial charge in [-0.05, 0) is 30.5 Å². The number of hydrogen-bond donors (Lipinski definition) is 2. The molecule has 0 radical (unpaired) electrons. The molecule has 0 aliphatic rings. The van der Waals surface area contributed by atoms with E-state index < -0.39 is 0 Å². The van der Waals surface area contributed by atoms with Gasteiger partial charge in [0.2, 0.25) is 5.91 Å². The molecule has 94 valence electrons. The summed E-state index contributed by atoms with van der Waals surface area (Å²) in [6.45, 7) is 4.06. The molecule has 1 unspecified atom stereocenters. The third-order valence-corrected chi connectivity index (χ3v) is 2.26. The molecule has 0 aliphatic carbocycles. The molecule has 1 aromatic heterocycles. The Morgan fingerprint density at radius 1 is 1.59 bits per heavy atom. The van der Waals surface area contributed by atoms with E-state index >= 15 is 0 Å². The Morgan fingerprint density at radius 3 is 2.88 bits per heavy atom. The van der Waals surface area contributed by atoms with E-state index in [9.17, 15) is 4.79 Å². The maximum Gasteiger partial charge on any atom is 0.244 e. The van der Waals surface area contributed by atoms with E-state index in [2.05, 4.69) is 5.32 Å². The summed E-state index contributed by atoms with van der Waals surface area (Å²) in [4.78, 5) is 11.5. The first kappa shape index (κ1) is 13.5. The lowest BCUT2D eigenvalue weighted by atomic mass is 10.0. The number of aliphatic hydroxyl groups excluding tert-OH is 1. The van der Waals surface area contributed by atoms with Crippen LogP contribution in [0, 0.1) is 5.92 Å². The molecule has 1 amide bonds. The van der Waals surface area contributed by atoms with E-state index in [0.29, 0.717) is 11.7 Å². The minimum Gasteiger partial charge on any atom is -0.465 e. The summed E-state index contributed by atoms with van der Waals surface area (Å²) in [7, 11) is 0. The quantitative estimate of drug-likeness (QED) is 0.742. The predicted molar refractivity (Wildman–Crippen MR) is 66.2 cm³/mol. The van der Waals surface area contributed by atoms with E-state index in [4.69, 9.17) is 9.52 Å². The fourth-order valence-corrected chi connectivity index (χ4v) is 1.54. The first-order valence-electron chi connectivity index (χ1n) is 5.74. The smallest absolute Gasteiger partial charge is 0.244 e. The molecule has 0 fully saturated rings. The van der Waals surface area contributed by atoms with E-state index in [0.717, 1.165) is 6.42 Å². The van der Waals surface area contributed by atoms with Gasteiger partial charge in [0.1, 0.15) is 5.76 Å². The summed E-state index contributed by atoms with van der Waals surface area (Å²) < 4.78 is 5.06. The summed E-state index contributed by atoms with van der Waals surface area (Å²) >= 11 is 0. The van der Waals surface area contributed by atoms with Crippen LogP contribution in [-0.2, 0) is 4.79 Å². The molecule has 0 saturated heterocycles. The summed E-state index contributed by atoms with van der Waals surface area (Å²) in [5.74, 6) is 0.840. The standard InChI is InChI=1S/C13H19NO3/c1-10(2)8-11(9-15)14-13(16)6-5-12-4-3-7-17-12/h3-7,10-11,15H,8-9H2,1-2H3,(H,14,16). The van der Waals surface area contributed by atoms with Crippen LogP contribution in [0.4, 0.5) is 0 Å². The van der Waals surface area contributed by atoms with Gasteiger partial charge in [0.15, 0.2) is 0 Å². The zero-order valence-corrected chi connectivity index (χ0v) is 10.2. The number of aliphatic hydroxyl groups is 1. The van der Waals surface area contributed by atoms with Crippen molar-refractivity contribution in [2.24, 2.45) is 5.92 Å². The fraction of sp³-hybridized carbons (Fsp3) is 0.462. The van der Waals surface area contributed by atoms with E-state index in [1.165, 1.54) is 6.08 Å². The van der Waals surface area contributed by atoms with Gasteiger partial charge >= 0.3 is 0 Å². The molecule has 4 nitrogen and oxygen atoms in total. The Kier molecular flexibility index (Phi) is 5.49. The lowest BCUT2D eigenvalue weighted by Gasteiger charge is -2.16. The minimum absolute atomic E-state index is 0.0431. The van der Waals surface area contributed by atoms with Crippen LogP contribution < -0.4 is 5.32 Å². The number of carbonyl (C=O) groups excluding carboxylic acids is 1. The van der Waals surface area contributed by atoms with Gasteiger partial charge in [-0.25, -0.2) is 0 Å². The molecule has 0 bridgehead atoms. The zero-order valence-electron chi connectivity index (χ0n) is 10.2. The number of rotatable bonds is 6. The van der Waals surface area contributed by atoms with Gasteiger partial charge < -0.3 is 14.8 Å². The molecule has 4 heteroatoms. The number of hydrogen-bond acceptors (Lipinski definition) is 3. The van der Waals surface area contributed by atoms with Crippen LogP contribution in [0.25, 0.3) is 6.08 Å². The van der Waals surface area contributed by atoms with Crippen LogP contribution >= 0.6 is 0 Å². The lowest BCUT2D eigenvalue weighted by Crippen LogP contribution is -2.37. The Balaban J connectivity index is 2.42. The van der Waals surface area contributed by atoms with E-state index in [1.54, 1.807) is 24.5 Å². The van der Waals surface area contributed by atoms with Crippen LogP contribution in [0.1, 0.15) is 26.0 Å². The Hall–Kier alpha value is -1.55. The molecule has 0 spiro atoms. The molecule has 0 saturated carbocycles. The summed E-state index contributed by atoms with van der Waals surface area (Å²) in [6, 6.07) is 3.33. The zero-order chi connectivity index (χ0) is 12.7. The highest BCUT2D eigenvalue weighted by Crippen LogP contribution is 2.05. The molecule has 2 N–H and O–H groups in total. The number of carbonyl (C=O) groups is 1. The second-order valence-corrected chi connectivity index (χ2v) is 4.37. The predicted octanol–water partition coefficient (Wildman–Crippen LogP) is 1.82. The highest BCUT2D eigenvalue weighted by molar-refractivity contribution is 5.91. The second kappa shape index (κ2) is 6.91. The topological polar surface area (TPSA) is 62.5 Å². The lowest BCUT2D eigenvalue weighted by molar-refractivity contribution is -0.117. The Morgan fingerprint density at radius 2 is 2.35 bits per heavy atom. The van der Waals surface area contributed by atoms with Gasteiger partial charge in [0.05, 0.1) is 18.9 Å². The van der Waals surface area contributed by atoms with Gasteiger partial charge in [-0.15, -0.1) is 0 Å². The van der Waals surface area contributed by atoms with Gasteiger partial charge in [-0.3, -0.25) is 4.79 Å². The van der Waals surface area contributed by atoms with Crippen molar-refractivity contribution in [2.75, 3.05) is 6.61 Å². The molecule has 17 heavy (non-hydrogen) atoms. The Bertz CT molecular complexity index is 355. The van der Waals surface area contributed by atoms with Crippen molar-refractivity contribution < 1.29 is 14.3 Å². The summed E-state index contributed by atoms with van der Waals surface area (Å²) in [5, 5.41) is 11.9. The maximum absolute atomic E-state index is 11.5. The van der Waals surface area contributed by atoms with Crippen molar-refractivity contribution in [3.8, 4) is 0 Å². The molecular formula is C13H19NO3. The normalized spacial score (nSPS) is 13.2. The molecular weight excluding hydrogens is 218 g/mol. The fourth-order valence-electron chi connectivity index (χ4n) is 1.54. The molecule has 0 aromatic carbocycles. The summed E-state index contributed by atoms with van der Waals surface area (Å²) in [5.41, 5.74) is 0. The number of nitrogens with one attached hydrogen (secondary N) is 1. The van der Waals surface area contributed by atoms with E-state index in [1.807, 2.05) is 13.8 Å². The molecule has 0 aliphatic heterocycles. The van der Waals surface area contributed by atoms with Gasteiger partial charge in [0, 0.05) is 6.08 Å². The maximum atomic E-state index is 11.5. The van der Waals surface area contributed by atoms with Crippen LogP contribution in [-0.4, -0.2) is 23.7 Å². The minimum atomic E-state index is -0.221. The highest BCUT2D eigenvalue weighted by Gasteiger charge is 2.11. The average Bonchev–Trinajstić information content (AvgIpc) is 2.77. The number of furan rings is 1. The third kappa shape index (κ3) is 5.36.